The van der Waals surface area contributed by atoms with Crippen LogP contribution in [0, 0.1) is 5.41 Å². The second kappa shape index (κ2) is 6.96. The maximum Gasteiger partial charge on any atom is 0.317 e. The molecule has 3 amide bonds. The molecular formula is C12H23N3O4. The molecule has 0 bridgehead atoms. The lowest BCUT2D eigenvalue weighted by molar-refractivity contribution is -0.138. The molecule has 19 heavy (non-hydrogen) atoms. The normalized spacial score (nSPS) is 12.6. The van der Waals surface area contributed by atoms with Gasteiger partial charge in [-0.3, -0.25) is 9.59 Å². The van der Waals surface area contributed by atoms with Crippen LogP contribution in [0.1, 0.15) is 34.1 Å². The van der Waals surface area contributed by atoms with E-state index in [1.807, 2.05) is 0 Å². The highest BCUT2D eigenvalue weighted by Gasteiger charge is 2.27. The number of carboxylic acids is 1. The van der Waals surface area contributed by atoms with Crippen LogP contribution in [-0.2, 0) is 9.59 Å². The number of carbonyl (C=O) groups excluding carboxylic acids is 2. The Morgan fingerprint density at radius 3 is 2.26 bits per heavy atom. The molecule has 0 aromatic carbocycles. The van der Waals surface area contributed by atoms with E-state index in [4.69, 9.17) is 10.8 Å². The van der Waals surface area contributed by atoms with Crippen molar-refractivity contribution < 1.29 is 19.5 Å². The molecule has 0 aromatic rings. The molecule has 0 saturated heterocycles. The van der Waals surface area contributed by atoms with Gasteiger partial charge in [-0.05, 0) is 27.7 Å². The number of aliphatic carboxylic acids is 1. The SMILES string of the molecule is CCN(C(=O)NCC(C)(C)C(N)=O)C(C)CC(=O)O. The van der Waals surface area contributed by atoms with E-state index in [0.717, 1.165) is 0 Å². The van der Waals surface area contributed by atoms with Crippen molar-refractivity contribution in [2.24, 2.45) is 11.1 Å². The van der Waals surface area contributed by atoms with Gasteiger partial charge in [-0.2, -0.15) is 0 Å². The summed E-state index contributed by atoms with van der Waals surface area (Å²) in [6.45, 7) is 7.18. The molecule has 1 atom stereocenters. The average Bonchev–Trinajstić information content (AvgIpc) is 2.26. The molecule has 0 fully saturated rings. The number of nitrogens with one attached hydrogen (secondary N) is 1. The fourth-order valence-electron chi connectivity index (χ4n) is 1.50. The predicted octanol–water partition coefficient (Wildman–Crippen LogP) is 0.393. The van der Waals surface area contributed by atoms with Crippen LogP contribution in [0.3, 0.4) is 0 Å². The molecule has 7 heteroatoms. The van der Waals surface area contributed by atoms with Gasteiger partial charge in [0.1, 0.15) is 0 Å². The van der Waals surface area contributed by atoms with Crippen molar-refractivity contribution in [2.45, 2.75) is 40.2 Å². The Morgan fingerprint density at radius 2 is 1.89 bits per heavy atom. The Kier molecular flexibility index (Phi) is 6.31. The quantitative estimate of drug-likeness (QED) is 0.622. The molecule has 0 heterocycles. The van der Waals surface area contributed by atoms with Crippen molar-refractivity contribution in [3.05, 3.63) is 0 Å². The minimum atomic E-state index is -0.962. The average molecular weight is 273 g/mol. The Hall–Kier alpha value is -1.79. The summed E-state index contributed by atoms with van der Waals surface area (Å²) >= 11 is 0. The van der Waals surface area contributed by atoms with Gasteiger partial charge in [0.2, 0.25) is 5.91 Å². The van der Waals surface area contributed by atoms with Crippen LogP contribution >= 0.6 is 0 Å². The van der Waals surface area contributed by atoms with Crippen LogP contribution in [0.25, 0.3) is 0 Å². The summed E-state index contributed by atoms with van der Waals surface area (Å²) in [6.07, 6.45) is -0.125. The number of amides is 3. The maximum atomic E-state index is 11.9. The minimum Gasteiger partial charge on any atom is -0.481 e. The maximum absolute atomic E-state index is 11.9. The molecule has 0 spiro atoms. The summed E-state index contributed by atoms with van der Waals surface area (Å²) in [6, 6.07) is -0.815. The second-order valence-corrected chi connectivity index (χ2v) is 5.14. The van der Waals surface area contributed by atoms with Crippen molar-refractivity contribution in [3.63, 3.8) is 0 Å². The number of nitrogens with zero attached hydrogens (tertiary/aromatic N) is 1. The summed E-state index contributed by atoms with van der Waals surface area (Å²) in [5.41, 5.74) is 4.37. The zero-order valence-electron chi connectivity index (χ0n) is 11.9. The number of rotatable bonds is 7. The van der Waals surface area contributed by atoms with Crippen LogP contribution in [0.2, 0.25) is 0 Å². The number of primary amides is 1. The predicted molar refractivity (Wildman–Crippen MR) is 70.5 cm³/mol. The Balaban J connectivity index is 4.53. The van der Waals surface area contributed by atoms with Crippen molar-refractivity contribution in [1.29, 1.82) is 0 Å². The van der Waals surface area contributed by atoms with Gasteiger partial charge in [-0.25, -0.2) is 4.79 Å². The van der Waals surface area contributed by atoms with Gasteiger partial charge < -0.3 is 21.1 Å². The van der Waals surface area contributed by atoms with Crippen LogP contribution in [0.4, 0.5) is 4.79 Å². The van der Waals surface area contributed by atoms with Gasteiger partial charge in [0.05, 0.1) is 11.8 Å². The first-order valence-electron chi connectivity index (χ1n) is 6.18. The number of hydrogen-bond donors (Lipinski definition) is 3. The van der Waals surface area contributed by atoms with Crippen LogP contribution < -0.4 is 11.1 Å². The monoisotopic (exact) mass is 273 g/mol. The topological polar surface area (TPSA) is 113 Å². The van der Waals surface area contributed by atoms with Crippen LogP contribution in [-0.4, -0.2) is 47.0 Å². The zero-order chi connectivity index (χ0) is 15.2. The summed E-state index contributed by atoms with van der Waals surface area (Å²) in [7, 11) is 0. The number of nitrogens with two attached hydrogens (primary N) is 1. The zero-order valence-corrected chi connectivity index (χ0v) is 11.9. The third kappa shape index (κ3) is 5.58. The van der Waals surface area contributed by atoms with Gasteiger partial charge in [0.25, 0.3) is 0 Å². The van der Waals surface area contributed by atoms with Crippen molar-refractivity contribution in [2.75, 3.05) is 13.1 Å². The third-order valence-corrected chi connectivity index (χ3v) is 2.95. The number of carbonyl (C=O) groups is 3. The van der Waals surface area contributed by atoms with Crippen LogP contribution in [0.5, 0.6) is 0 Å². The van der Waals surface area contributed by atoms with Crippen molar-refractivity contribution in [1.82, 2.24) is 10.2 Å². The van der Waals surface area contributed by atoms with E-state index in [9.17, 15) is 14.4 Å². The highest BCUT2D eigenvalue weighted by molar-refractivity contribution is 5.81. The molecule has 0 rings (SSSR count). The Labute approximate surface area is 113 Å². The minimum absolute atomic E-state index is 0.109. The first-order chi connectivity index (χ1) is 8.61. The second-order valence-electron chi connectivity index (χ2n) is 5.14. The number of hydrogen-bond acceptors (Lipinski definition) is 3. The van der Waals surface area contributed by atoms with E-state index < -0.39 is 29.4 Å². The van der Waals surface area contributed by atoms with Gasteiger partial charge in [0, 0.05) is 19.1 Å². The molecule has 0 aliphatic carbocycles. The van der Waals surface area contributed by atoms with E-state index in [2.05, 4.69) is 5.32 Å². The molecule has 0 aliphatic rings. The van der Waals surface area contributed by atoms with E-state index in [1.54, 1.807) is 27.7 Å². The molecule has 7 nitrogen and oxygen atoms in total. The molecule has 0 saturated carbocycles. The fraction of sp³-hybridized carbons (Fsp3) is 0.750. The summed E-state index contributed by atoms with van der Waals surface area (Å²) in [5, 5.41) is 11.3. The first-order valence-corrected chi connectivity index (χ1v) is 6.18. The molecule has 0 radical (unpaired) electrons. The Bertz CT molecular complexity index is 355. The summed E-state index contributed by atoms with van der Waals surface area (Å²) in [4.78, 5) is 35.1. The first kappa shape index (κ1) is 17.2. The van der Waals surface area contributed by atoms with E-state index >= 15 is 0 Å². The van der Waals surface area contributed by atoms with Gasteiger partial charge >= 0.3 is 12.0 Å². The van der Waals surface area contributed by atoms with Gasteiger partial charge in [-0.15, -0.1) is 0 Å². The Morgan fingerprint density at radius 1 is 1.37 bits per heavy atom. The van der Waals surface area contributed by atoms with Gasteiger partial charge in [-0.1, -0.05) is 0 Å². The highest BCUT2D eigenvalue weighted by Crippen LogP contribution is 2.12. The van der Waals surface area contributed by atoms with E-state index in [0.29, 0.717) is 6.54 Å². The molecule has 0 aliphatic heterocycles. The number of urea groups is 1. The van der Waals surface area contributed by atoms with E-state index in [1.165, 1.54) is 4.90 Å². The molecule has 4 N–H and O–H groups in total. The standard InChI is InChI=1S/C12H23N3O4/c1-5-15(8(2)6-9(16)17)11(19)14-7-12(3,4)10(13)18/h8H,5-7H2,1-4H3,(H2,13,18)(H,14,19)(H,16,17). The van der Waals surface area contributed by atoms with Crippen LogP contribution in [0.15, 0.2) is 0 Å². The lowest BCUT2D eigenvalue weighted by Gasteiger charge is -2.29. The highest BCUT2D eigenvalue weighted by atomic mass is 16.4. The molecular weight excluding hydrogens is 250 g/mol. The number of carboxylic acid groups (broad SMARTS) is 1. The molecule has 0 aromatic heterocycles. The third-order valence-electron chi connectivity index (χ3n) is 2.95. The summed E-state index contributed by atoms with van der Waals surface area (Å²) < 4.78 is 0. The molecule has 1 unspecified atom stereocenters. The van der Waals surface area contributed by atoms with Crippen molar-refractivity contribution in [3.8, 4) is 0 Å². The van der Waals surface area contributed by atoms with Crippen molar-refractivity contribution >= 4 is 17.9 Å². The summed E-state index contributed by atoms with van der Waals surface area (Å²) in [5.74, 6) is -1.47. The van der Waals surface area contributed by atoms with Gasteiger partial charge in [0.15, 0.2) is 0 Å². The van der Waals surface area contributed by atoms with E-state index in [-0.39, 0.29) is 13.0 Å². The lowest BCUT2D eigenvalue weighted by Crippen LogP contribution is -2.50. The fourth-order valence-corrected chi connectivity index (χ4v) is 1.50. The lowest BCUT2D eigenvalue weighted by atomic mass is 9.93. The largest absolute Gasteiger partial charge is 0.481 e. The molecule has 110 valence electrons. The smallest absolute Gasteiger partial charge is 0.317 e.